The third-order valence-electron chi connectivity index (χ3n) is 4.21. The molecule has 1 N–H and O–H groups in total. The Labute approximate surface area is 129 Å². The lowest BCUT2D eigenvalue weighted by Gasteiger charge is -2.30. The molecule has 3 rings (SSSR count). The summed E-state index contributed by atoms with van der Waals surface area (Å²) >= 11 is 0. The van der Waals surface area contributed by atoms with E-state index in [1.807, 2.05) is 24.3 Å². The first-order valence-electron chi connectivity index (χ1n) is 7.47. The van der Waals surface area contributed by atoms with Crippen LogP contribution in [0.25, 0.3) is 11.0 Å². The van der Waals surface area contributed by atoms with Crippen LogP contribution in [-0.2, 0) is 16.1 Å². The number of nitrogens with zero attached hydrogens (tertiary/aromatic N) is 3. The first-order chi connectivity index (χ1) is 10.5. The maximum absolute atomic E-state index is 12.5. The highest BCUT2D eigenvalue weighted by Gasteiger charge is 2.30. The Balaban J connectivity index is 1.67. The van der Waals surface area contributed by atoms with Crippen molar-refractivity contribution in [3.05, 3.63) is 30.1 Å². The maximum Gasteiger partial charge on any atom is 0.226 e. The highest BCUT2D eigenvalue weighted by atomic mass is 16.2. The number of carbonyl (C=O) groups excluding carboxylic acids is 2. The van der Waals surface area contributed by atoms with Gasteiger partial charge in [0.15, 0.2) is 0 Å². The molecule has 116 valence electrons. The molecule has 2 heterocycles. The zero-order valence-corrected chi connectivity index (χ0v) is 12.9. The van der Waals surface area contributed by atoms with Gasteiger partial charge in [0.25, 0.3) is 0 Å². The minimum absolute atomic E-state index is 0.0157. The number of hydrogen-bond acceptors (Lipinski definition) is 3. The third kappa shape index (κ3) is 2.81. The number of aromatic nitrogens is 2. The van der Waals surface area contributed by atoms with E-state index in [0.717, 1.165) is 23.3 Å². The van der Waals surface area contributed by atoms with Crippen LogP contribution in [0.3, 0.4) is 0 Å². The van der Waals surface area contributed by atoms with Crippen LogP contribution < -0.4 is 0 Å². The van der Waals surface area contributed by atoms with E-state index in [1.54, 1.807) is 23.9 Å². The van der Waals surface area contributed by atoms with Gasteiger partial charge in [0.1, 0.15) is 5.82 Å². The summed E-state index contributed by atoms with van der Waals surface area (Å²) < 4.78 is 0. The fourth-order valence-corrected chi connectivity index (χ4v) is 2.85. The average molecular weight is 300 g/mol. The predicted octanol–water partition coefficient (Wildman–Crippen LogP) is 1.39. The molecular weight excluding hydrogens is 280 g/mol. The van der Waals surface area contributed by atoms with Crippen molar-refractivity contribution in [2.45, 2.75) is 19.4 Å². The molecule has 1 aliphatic heterocycles. The van der Waals surface area contributed by atoms with Crippen molar-refractivity contribution in [1.29, 1.82) is 0 Å². The molecule has 22 heavy (non-hydrogen) atoms. The van der Waals surface area contributed by atoms with E-state index in [-0.39, 0.29) is 17.7 Å². The molecule has 1 aromatic heterocycles. The summed E-state index contributed by atoms with van der Waals surface area (Å²) in [6.45, 7) is 1.07. The van der Waals surface area contributed by atoms with E-state index in [1.165, 1.54) is 0 Å². The number of imidazole rings is 1. The van der Waals surface area contributed by atoms with Crippen LogP contribution >= 0.6 is 0 Å². The number of H-pyrrole nitrogens is 1. The Morgan fingerprint density at radius 3 is 2.95 bits per heavy atom. The van der Waals surface area contributed by atoms with Gasteiger partial charge in [-0.2, -0.15) is 0 Å². The summed E-state index contributed by atoms with van der Waals surface area (Å²) in [6.07, 6.45) is 1.03. The number of likely N-dealkylation sites (tertiary alicyclic amines) is 1. The molecule has 0 saturated carbocycles. The molecule has 1 fully saturated rings. The van der Waals surface area contributed by atoms with Crippen molar-refractivity contribution in [2.24, 2.45) is 5.92 Å². The minimum Gasteiger partial charge on any atom is -0.346 e. The number of amides is 2. The topological polar surface area (TPSA) is 69.3 Å². The van der Waals surface area contributed by atoms with E-state index >= 15 is 0 Å². The second-order valence-electron chi connectivity index (χ2n) is 5.90. The molecule has 0 unspecified atom stereocenters. The SMILES string of the molecule is CN1CC[C@H](C(=O)N(C)Cc2nc3ccccc3[nH]2)CC1=O. The first kappa shape index (κ1) is 14.6. The summed E-state index contributed by atoms with van der Waals surface area (Å²) in [5.41, 5.74) is 1.86. The van der Waals surface area contributed by atoms with E-state index in [0.29, 0.717) is 19.5 Å². The Morgan fingerprint density at radius 2 is 2.23 bits per heavy atom. The van der Waals surface area contributed by atoms with Crippen molar-refractivity contribution in [3.63, 3.8) is 0 Å². The van der Waals surface area contributed by atoms with Gasteiger partial charge in [0.2, 0.25) is 11.8 Å². The summed E-state index contributed by atoms with van der Waals surface area (Å²) in [5, 5.41) is 0. The number of fused-ring (bicyclic) bond motifs is 1. The number of para-hydroxylation sites is 2. The van der Waals surface area contributed by atoms with Crippen LogP contribution in [0, 0.1) is 5.92 Å². The number of benzene rings is 1. The highest BCUT2D eigenvalue weighted by molar-refractivity contribution is 5.86. The molecule has 2 amide bonds. The lowest BCUT2D eigenvalue weighted by atomic mass is 9.95. The van der Waals surface area contributed by atoms with Gasteiger partial charge in [-0.3, -0.25) is 9.59 Å². The highest BCUT2D eigenvalue weighted by Crippen LogP contribution is 2.20. The van der Waals surface area contributed by atoms with Crippen molar-refractivity contribution in [3.8, 4) is 0 Å². The number of hydrogen-bond donors (Lipinski definition) is 1. The molecular formula is C16H20N4O2. The number of piperidine rings is 1. The molecule has 0 bridgehead atoms. The second-order valence-corrected chi connectivity index (χ2v) is 5.90. The van der Waals surface area contributed by atoms with Crippen LogP contribution in [0.4, 0.5) is 0 Å². The van der Waals surface area contributed by atoms with Crippen LogP contribution in [0.15, 0.2) is 24.3 Å². The van der Waals surface area contributed by atoms with Gasteiger partial charge in [-0.15, -0.1) is 0 Å². The Hall–Kier alpha value is -2.37. The predicted molar refractivity (Wildman–Crippen MR) is 82.9 cm³/mol. The number of rotatable bonds is 3. The Morgan fingerprint density at radius 1 is 1.45 bits per heavy atom. The smallest absolute Gasteiger partial charge is 0.226 e. The summed E-state index contributed by atoms with van der Waals surface area (Å²) in [7, 11) is 3.54. The number of nitrogens with one attached hydrogen (secondary N) is 1. The average Bonchev–Trinajstić information content (AvgIpc) is 2.91. The van der Waals surface area contributed by atoms with Gasteiger partial charge >= 0.3 is 0 Å². The number of carbonyl (C=O) groups is 2. The van der Waals surface area contributed by atoms with Gasteiger partial charge in [-0.05, 0) is 18.6 Å². The zero-order valence-electron chi connectivity index (χ0n) is 12.9. The Kier molecular flexibility index (Phi) is 3.83. The summed E-state index contributed by atoms with van der Waals surface area (Å²) in [6, 6.07) is 7.78. The fraction of sp³-hybridized carbons (Fsp3) is 0.438. The lowest BCUT2D eigenvalue weighted by Crippen LogP contribution is -2.42. The van der Waals surface area contributed by atoms with Crippen molar-refractivity contribution in [2.75, 3.05) is 20.6 Å². The summed E-state index contributed by atoms with van der Waals surface area (Å²) in [4.78, 5) is 35.3. The Bertz CT molecular complexity index is 676. The molecule has 1 saturated heterocycles. The molecule has 0 radical (unpaired) electrons. The van der Waals surface area contributed by atoms with Gasteiger partial charge in [-0.25, -0.2) is 4.98 Å². The monoisotopic (exact) mass is 300 g/mol. The first-order valence-corrected chi connectivity index (χ1v) is 7.47. The largest absolute Gasteiger partial charge is 0.346 e. The number of aromatic amines is 1. The van der Waals surface area contributed by atoms with Crippen LogP contribution in [0.1, 0.15) is 18.7 Å². The van der Waals surface area contributed by atoms with Crippen LogP contribution in [-0.4, -0.2) is 52.2 Å². The van der Waals surface area contributed by atoms with Crippen LogP contribution in [0.2, 0.25) is 0 Å². The van der Waals surface area contributed by atoms with Crippen molar-refractivity contribution in [1.82, 2.24) is 19.8 Å². The standard InChI is InChI=1S/C16H20N4O2/c1-19-8-7-11(9-15(19)21)16(22)20(2)10-14-17-12-5-3-4-6-13(12)18-14/h3-6,11H,7-10H2,1-2H3,(H,17,18)/t11-/m0/s1. The molecule has 1 atom stereocenters. The molecule has 0 aliphatic carbocycles. The molecule has 6 nitrogen and oxygen atoms in total. The molecule has 1 aliphatic rings. The minimum atomic E-state index is -0.210. The fourth-order valence-electron chi connectivity index (χ4n) is 2.85. The summed E-state index contributed by atoms with van der Waals surface area (Å²) in [5.74, 6) is 0.609. The van der Waals surface area contributed by atoms with Crippen LogP contribution in [0.5, 0.6) is 0 Å². The van der Waals surface area contributed by atoms with Gasteiger partial charge in [-0.1, -0.05) is 12.1 Å². The van der Waals surface area contributed by atoms with Gasteiger partial charge < -0.3 is 14.8 Å². The molecule has 1 aromatic carbocycles. The van der Waals surface area contributed by atoms with E-state index in [4.69, 9.17) is 0 Å². The molecule has 2 aromatic rings. The molecule has 0 spiro atoms. The van der Waals surface area contributed by atoms with Crippen molar-refractivity contribution < 1.29 is 9.59 Å². The second kappa shape index (κ2) is 5.79. The zero-order chi connectivity index (χ0) is 15.7. The maximum atomic E-state index is 12.5. The van der Waals surface area contributed by atoms with E-state index < -0.39 is 0 Å². The normalized spacial score (nSPS) is 18.7. The van der Waals surface area contributed by atoms with Gasteiger partial charge in [0.05, 0.1) is 17.6 Å². The molecule has 6 heteroatoms. The lowest BCUT2D eigenvalue weighted by molar-refractivity contribution is -0.143. The van der Waals surface area contributed by atoms with Gasteiger partial charge in [0, 0.05) is 33.0 Å². The van der Waals surface area contributed by atoms with E-state index in [2.05, 4.69) is 9.97 Å². The third-order valence-corrected chi connectivity index (χ3v) is 4.21. The van der Waals surface area contributed by atoms with Crippen molar-refractivity contribution >= 4 is 22.8 Å². The quantitative estimate of drug-likeness (QED) is 0.931. The van der Waals surface area contributed by atoms with E-state index in [9.17, 15) is 9.59 Å².